The second kappa shape index (κ2) is 9.92. The fourth-order valence-corrected chi connectivity index (χ4v) is 2.27. The molecule has 1 amide bonds. The molecule has 1 aromatic rings. The Balaban J connectivity index is 2.45. The van der Waals surface area contributed by atoms with Crippen LogP contribution in [0.3, 0.4) is 0 Å². The van der Waals surface area contributed by atoms with Gasteiger partial charge in [-0.3, -0.25) is 4.79 Å². The minimum Gasteiger partial charge on any atom is -0.480 e. The standard InChI is InChI=1S/C17H24FNO3/c1-2-3-4-5-6-7-12-15(17(21)22)19-16(20)13-10-8-9-11-14(13)18/h8-11,15H,2-7,12H2,1H3,(H,19,20)(H,21,22)/t15-/m0/s1. The average molecular weight is 309 g/mol. The highest BCUT2D eigenvalue weighted by molar-refractivity contribution is 5.96. The number of carbonyl (C=O) groups excluding carboxylic acids is 1. The predicted molar refractivity (Wildman–Crippen MR) is 83.3 cm³/mol. The summed E-state index contributed by atoms with van der Waals surface area (Å²) < 4.78 is 13.5. The molecule has 22 heavy (non-hydrogen) atoms. The lowest BCUT2D eigenvalue weighted by Gasteiger charge is -2.14. The van der Waals surface area contributed by atoms with Gasteiger partial charge in [-0.05, 0) is 18.6 Å². The fraction of sp³-hybridized carbons (Fsp3) is 0.529. The van der Waals surface area contributed by atoms with Crippen LogP contribution in [0.15, 0.2) is 24.3 Å². The molecule has 0 saturated carbocycles. The van der Waals surface area contributed by atoms with Crippen molar-refractivity contribution >= 4 is 11.9 Å². The molecule has 0 heterocycles. The van der Waals surface area contributed by atoms with Gasteiger partial charge in [0.2, 0.25) is 0 Å². The molecule has 122 valence electrons. The monoisotopic (exact) mass is 309 g/mol. The van der Waals surface area contributed by atoms with Crippen LogP contribution in [0.2, 0.25) is 0 Å². The van der Waals surface area contributed by atoms with Crippen molar-refractivity contribution in [2.75, 3.05) is 0 Å². The lowest BCUT2D eigenvalue weighted by Crippen LogP contribution is -2.41. The molecule has 1 rings (SSSR count). The van der Waals surface area contributed by atoms with Crippen molar-refractivity contribution in [3.8, 4) is 0 Å². The van der Waals surface area contributed by atoms with Gasteiger partial charge < -0.3 is 10.4 Å². The van der Waals surface area contributed by atoms with Crippen LogP contribution >= 0.6 is 0 Å². The van der Waals surface area contributed by atoms with Crippen LogP contribution in [-0.2, 0) is 4.79 Å². The highest BCUT2D eigenvalue weighted by atomic mass is 19.1. The minimum absolute atomic E-state index is 0.128. The van der Waals surface area contributed by atoms with Crippen LogP contribution in [-0.4, -0.2) is 23.0 Å². The van der Waals surface area contributed by atoms with E-state index in [1.807, 2.05) is 0 Å². The maximum Gasteiger partial charge on any atom is 0.326 e. The van der Waals surface area contributed by atoms with Crippen LogP contribution in [0.25, 0.3) is 0 Å². The zero-order valence-electron chi connectivity index (χ0n) is 13.0. The molecule has 2 N–H and O–H groups in total. The fourth-order valence-electron chi connectivity index (χ4n) is 2.27. The normalized spacial score (nSPS) is 11.9. The van der Waals surface area contributed by atoms with Crippen molar-refractivity contribution in [2.45, 2.75) is 57.9 Å². The van der Waals surface area contributed by atoms with Crippen LogP contribution in [0, 0.1) is 5.82 Å². The molecular weight excluding hydrogens is 285 g/mol. The Labute approximate surface area is 130 Å². The SMILES string of the molecule is CCCCCCCC[C@H](NC(=O)c1ccccc1F)C(=O)O. The summed E-state index contributed by atoms with van der Waals surface area (Å²) in [5.74, 6) is -2.42. The number of amides is 1. The molecule has 0 aromatic heterocycles. The van der Waals surface area contributed by atoms with Gasteiger partial charge in [0, 0.05) is 0 Å². The van der Waals surface area contributed by atoms with E-state index in [-0.39, 0.29) is 5.56 Å². The summed E-state index contributed by atoms with van der Waals surface area (Å²) in [5.41, 5.74) is -0.128. The third kappa shape index (κ3) is 6.24. The van der Waals surface area contributed by atoms with Crippen molar-refractivity contribution in [3.05, 3.63) is 35.6 Å². The second-order valence-electron chi connectivity index (χ2n) is 5.40. The molecule has 0 radical (unpaired) electrons. The van der Waals surface area contributed by atoms with Gasteiger partial charge >= 0.3 is 5.97 Å². The van der Waals surface area contributed by atoms with E-state index in [0.717, 1.165) is 32.1 Å². The highest BCUT2D eigenvalue weighted by Crippen LogP contribution is 2.11. The molecule has 0 aliphatic heterocycles. The number of halogens is 1. The number of carboxylic acid groups (broad SMARTS) is 1. The molecule has 0 saturated heterocycles. The Morgan fingerprint density at radius 3 is 2.41 bits per heavy atom. The molecule has 4 nitrogen and oxygen atoms in total. The Bertz CT molecular complexity index is 491. The van der Waals surface area contributed by atoms with Crippen LogP contribution in [0.4, 0.5) is 4.39 Å². The first-order valence-electron chi connectivity index (χ1n) is 7.84. The quantitative estimate of drug-likeness (QED) is 0.647. The molecular formula is C17H24FNO3. The maximum atomic E-state index is 13.5. The highest BCUT2D eigenvalue weighted by Gasteiger charge is 2.21. The van der Waals surface area contributed by atoms with E-state index >= 15 is 0 Å². The molecule has 0 aliphatic rings. The lowest BCUT2D eigenvalue weighted by atomic mass is 10.1. The van der Waals surface area contributed by atoms with Gasteiger partial charge in [-0.25, -0.2) is 9.18 Å². The Morgan fingerprint density at radius 1 is 1.14 bits per heavy atom. The Kier molecular flexibility index (Phi) is 8.18. The summed E-state index contributed by atoms with van der Waals surface area (Å²) in [6.07, 6.45) is 6.61. The molecule has 0 aliphatic carbocycles. The maximum absolute atomic E-state index is 13.5. The number of rotatable bonds is 10. The molecule has 0 bridgehead atoms. The molecule has 0 spiro atoms. The number of nitrogens with one attached hydrogen (secondary N) is 1. The summed E-state index contributed by atoms with van der Waals surface area (Å²) in [6, 6.07) is 4.57. The van der Waals surface area contributed by atoms with E-state index in [4.69, 9.17) is 0 Å². The van der Waals surface area contributed by atoms with Crippen LogP contribution < -0.4 is 5.32 Å². The van der Waals surface area contributed by atoms with E-state index in [1.165, 1.54) is 24.6 Å². The molecule has 0 unspecified atom stereocenters. The number of hydrogen-bond donors (Lipinski definition) is 2. The second-order valence-corrected chi connectivity index (χ2v) is 5.40. The van der Waals surface area contributed by atoms with Crippen LogP contribution in [0.5, 0.6) is 0 Å². The summed E-state index contributed by atoms with van der Waals surface area (Å²) in [7, 11) is 0. The molecule has 1 atom stereocenters. The molecule has 0 fully saturated rings. The van der Waals surface area contributed by atoms with Gasteiger partial charge in [-0.15, -0.1) is 0 Å². The van der Waals surface area contributed by atoms with Gasteiger partial charge in [0.05, 0.1) is 5.56 Å². The van der Waals surface area contributed by atoms with E-state index in [1.54, 1.807) is 6.07 Å². The zero-order valence-corrected chi connectivity index (χ0v) is 13.0. The summed E-state index contributed by atoms with van der Waals surface area (Å²) in [4.78, 5) is 23.1. The van der Waals surface area contributed by atoms with E-state index < -0.39 is 23.7 Å². The van der Waals surface area contributed by atoms with Gasteiger partial charge in [-0.1, -0.05) is 57.6 Å². The lowest BCUT2D eigenvalue weighted by molar-refractivity contribution is -0.139. The zero-order chi connectivity index (χ0) is 16.4. The Morgan fingerprint density at radius 2 is 1.77 bits per heavy atom. The molecule has 1 aromatic carbocycles. The van der Waals surface area contributed by atoms with Gasteiger partial charge in [0.25, 0.3) is 5.91 Å². The number of hydrogen-bond acceptors (Lipinski definition) is 2. The van der Waals surface area contributed by atoms with E-state index in [2.05, 4.69) is 12.2 Å². The van der Waals surface area contributed by atoms with Gasteiger partial charge in [0.15, 0.2) is 0 Å². The number of aliphatic carboxylic acids is 1. The Hall–Kier alpha value is -1.91. The van der Waals surface area contributed by atoms with Gasteiger partial charge in [0.1, 0.15) is 11.9 Å². The first kappa shape index (κ1) is 18.1. The van der Waals surface area contributed by atoms with Crippen LogP contribution in [0.1, 0.15) is 62.2 Å². The van der Waals surface area contributed by atoms with Crippen molar-refractivity contribution in [1.82, 2.24) is 5.32 Å². The number of carbonyl (C=O) groups is 2. The number of unbranched alkanes of at least 4 members (excludes halogenated alkanes) is 5. The van der Waals surface area contributed by atoms with Crippen molar-refractivity contribution < 1.29 is 19.1 Å². The third-order valence-electron chi connectivity index (χ3n) is 3.57. The van der Waals surface area contributed by atoms with E-state index in [0.29, 0.717) is 6.42 Å². The topological polar surface area (TPSA) is 66.4 Å². The smallest absolute Gasteiger partial charge is 0.326 e. The van der Waals surface area contributed by atoms with Crippen molar-refractivity contribution in [3.63, 3.8) is 0 Å². The third-order valence-corrected chi connectivity index (χ3v) is 3.57. The predicted octanol–water partition coefficient (Wildman–Crippen LogP) is 3.76. The first-order valence-corrected chi connectivity index (χ1v) is 7.84. The number of carboxylic acids is 1. The number of benzene rings is 1. The first-order chi connectivity index (χ1) is 10.6. The average Bonchev–Trinajstić information content (AvgIpc) is 2.49. The molecule has 5 heteroatoms. The largest absolute Gasteiger partial charge is 0.480 e. The summed E-state index contributed by atoms with van der Waals surface area (Å²) >= 11 is 0. The van der Waals surface area contributed by atoms with Crippen molar-refractivity contribution in [2.24, 2.45) is 0 Å². The summed E-state index contributed by atoms with van der Waals surface area (Å²) in [5, 5.41) is 11.6. The summed E-state index contributed by atoms with van der Waals surface area (Å²) in [6.45, 7) is 2.14. The minimum atomic E-state index is -1.08. The van der Waals surface area contributed by atoms with E-state index in [9.17, 15) is 19.1 Å². The van der Waals surface area contributed by atoms with Crippen molar-refractivity contribution in [1.29, 1.82) is 0 Å². The van der Waals surface area contributed by atoms with Gasteiger partial charge in [-0.2, -0.15) is 0 Å².